The number of piperidine rings is 1. The van der Waals surface area contributed by atoms with E-state index in [0.29, 0.717) is 6.04 Å². The molecule has 1 saturated heterocycles. The van der Waals surface area contributed by atoms with E-state index in [-0.39, 0.29) is 0 Å². The van der Waals surface area contributed by atoms with Crippen molar-refractivity contribution in [2.24, 2.45) is 0 Å². The van der Waals surface area contributed by atoms with Crippen LogP contribution in [0.4, 0.5) is 5.82 Å². The Morgan fingerprint density at radius 3 is 2.76 bits per heavy atom. The standard InChI is InChI=1S/C19H26N4O2/c1-22(19-8-9-20-14-21-19)16-5-4-10-23(13-16)12-15-6-7-17(24-2)18(11-15)25-3/h6-9,11,14,16H,4-5,10,12-13H2,1-3H3. The van der Waals surface area contributed by atoms with Gasteiger partial charge in [0.2, 0.25) is 0 Å². The average molecular weight is 342 g/mol. The maximum absolute atomic E-state index is 5.42. The summed E-state index contributed by atoms with van der Waals surface area (Å²) in [6.07, 6.45) is 5.77. The van der Waals surface area contributed by atoms with Gasteiger partial charge in [-0.05, 0) is 43.1 Å². The van der Waals surface area contributed by atoms with E-state index in [1.54, 1.807) is 26.7 Å². The summed E-state index contributed by atoms with van der Waals surface area (Å²) in [5.41, 5.74) is 1.24. The van der Waals surface area contributed by atoms with Crippen molar-refractivity contribution in [3.63, 3.8) is 0 Å². The van der Waals surface area contributed by atoms with Crippen LogP contribution in [-0.4, -0.2) is 55.3 Å². The summed E-state index contributed by atoms with van der Waals surface area (Å²) >= 11 is 0. The summed E-state index contributed by atoms with van der Waals surface area (Å²) in [6.45, 7) is 3.05. The van der Waals surface area contributed by atoms with E-state index in [4.69, 9.17) is 9.47 Å². The number of likely N-dealkylation sites (tertiary alicyclic amines) is 1. The normalized spacial score (nSPS) is 18.0. The number of likely N-dealkylation sites (N-methyl/N-ethyl adjacent to an activating group) is 1. The quantitative estimate of drug-likeness (QED) is 0.804. The SMILES string of the molecule is COc1ccc(CN2CCCC(N(C)c3ccncn3)C2)cc1OC. The molecular weight excluding hydrogens is 316 g/mol. The molecule has 0 saturated carbocycles. The molecule has 6 nitrogen and oxygen atoms in total. The fraction of sp³-hybridized carbons (Fsp3) is 0.474. The summed E-state index contributed by atoms with van der Waals surface area (Å²) in [5.74, 6) is 2.53. The molecule has 25 heavy (non-hydrogen) atoms. The van der Waals surface area contributed by atoms with Crippen LogP contribution >= 0.6 is 0 Å². The number of hydrogen-bond acceptors (Lipinski definition) is 6. The predicted molar refractivity (Wildman–Crippen MR) is 98.3 cm³/mol. The molecule has 1 aromatic carbocycles. The molecule has 1 aliphatic rings. The second-order valence-electron chi connectivity index (χ2n) is 6.40. The molecule has 1 unspecified atom stereocenters. The maximum Gasteiger partial charge on any atom is 0.161 e. The zero-order valence-corrected chi connectivity index (χ0v) is 15.2. The number of rotatable bonds is 6. The highest BCUT2D eigenvalue weighted by molar-refractivity contribution is 5.43. The fourth-order valence-electron chi connectivity index (χ4n) is 3.41. The van der Waals surface area contributed by atoms with Gasteiger partial charge in [0.1, 0.15) is 12.1 Å². The minimum Gasteiger partial charge on any atom is -0.493 e. The highest BCUT2D eigenvalue weighted by Crippen LogP contribution is 2.29. The molecule has 0 N–H and O–H groups in total. The average Bonchev–Trinajstić information content (AvgIpc) is 2.68. The van der Waals surface area contributed by atoms with E-state index in [1.165, 1.54) is 18.4 Å². The highest BCUT2D eigenvalue weighted by atomic mass is 16.5. The van der Waals surface area contributed by atoms with E-state index in [0.717, 1.165) is 37.0 Å². The van der Waals surface area contributed by atoms with Crippen molar-refractivity contribution >= 4 is 5.82 Å². The molecular formula is C19H26N4O2. The largest absolute Gasteiger partial charge is 0.493 e. The molecule has 1 aliphatic heterocycles. The molecule has 0 bridgehead atoms. The van der Waals surface area contributed by atoms with Crippen LogP contribution in [-0.2, 0) is 6.54 Å². The number of aromatic nitrogens is 2. The molecule has 0 radical (unpaired) electrons. The van der Waals surface area contributed by atoms with Crippen molar-refractivity contribution in [2.75, 3.05) is 39.3 Å². The Morgan fingerprint density at radius 1 is 1.20 bits per heavy atom. The van der Waals surface area contributed by atoms with E-state index in [2.05, 4.69) is 38.9 Å². The van der Waals surface area contributed by atoms with Crippen LogP contribution in [0.25, 0.3) is 0 Å². The van der Waals surface area contributed by atoms with Gasteiger partial charge in [0.25, 0.3) is 0 Å². The van der Waals surface area contributed by atoms with Crippen molar-refractivity contribution in [3.05, 3.63) is 42.4 Å². The van der Waals surface area contributed by atoms with Crippen LogP contribution in [0, 0.1) is 0 Å². The number of benzene rings is 1. The second-order valence-corrected chi connectivity index (χ2v) is 6.40. The third kappa shape index (κ3) is 4.20. The van der Waals surface area contributed by atoms with E-state index < -0.39 is 0 Å². The van der Waals surface area contributed by atoms with Crippen molar-refractivity contribution in [3.8, 4) is 11.5 Å². The minimum absolute atomic E-state index is 0.462. The smallest absolute Gasteiger partial charge is 0.161 e. The highest BCUT2D eigenvalue weighted by Gasteiger charge is 2.24. The zero-order chi connectivity index (χ0) is 17.6. The van der Waals surface area contributed by atoms with Crippen LogP contribution in [0.3, 0.4) is 0 Å². The monoisotopic (exact) mass is 342 g/mol. The first-order chi connectivity index (χ1) is 12.2. The number of anilines is 1. The van der Waals surface area contributed by atoms with Crippen molar-refractivity contribution in [1.29, 1.82) is 0 Å². The van der Waals surface area contributed by atoms with Gasteiger partial charge < -0.3 is 14.4 Å². The number of hydrogen-bond donors (Lipinski definition) is 0. The molecule has 2 aromatic rings. The van der Waals surface area contributed by atoms with E-state index in [1.807, 2.05) is 12.1 Å². The maximum atomic E-state index is 5.42. The lowest BCUT2D eigenvalue weighted by Crippen LogP contribution is -2.46. The number of nitrogens with zero attached hydrogens (tertiary/aromatic N) is 4. The molecule has 2 heterocycles. The molecule has 0 spiro atoms. The topological polar surface area (TPSA) is 50.7 Å². The van der Waals surface area contributed by atoms with Gasteiger partial charge >= 0.3 is 0 Å². The van der Waals surface area contributed by atoms with Gasteiger partial charge in [-0.2, -0.15) is 0 Å². The molecule has 1 atom stereocenters. The lowest BCUT2D eigenvalue weighted by molar-refractivity contribution is 0.198. The molecule has 0 amide bonds. The predicted octanol–water partition coefficient (Wildman–Crippen LogP) is 2.59. The summed E-state index contributed by atoms with van der Waals surface area (Å²) in [7, 11) is 5.46. The summed E-state index contributed by atoms with van der Waals surface area (Å²) in [4.78, 5) is 13.1. The molecule has 0 aliphatic carbocycles. The van der Waals surface area contributed by atoms with Gasteiger partial charge in [0.05, 0.1) is 14.2 Å². The van der Waals surface area contributed by atoms with Crippen LogP contribution in [0.1, 0.15) is 18.4 Å². The Kier molecular flexibility index (Phi) is 5.71. The van der Waals surface area contributed by atoms with E-state index >= 15 is 0 Å². The molecule has 1 fully saturated rings. The van der Waals surface area contributed by atoms with Crippen molar-refractivity contribution < 1.29 is 9.47 Å². The first-order valence-corrected chi connectivity index (χ1v) is 8.63. The van der Waals surface area contributed by atoms with Crippen LogP contribution in [0.5, 0.6) is 11.5 Å². The van der Waals surface area contributed by atoms with Crippen molar-refractivity contribution in [2.45, 2.75) is 25.4 Å². The summed E-state index contributed by atoms with van der Waals surface area (Å²) in [6, 6.07) is 8.58. The molecule has 134 valence electrons. The van der Waals surface area contributed by atoms with Crippen LogP contribution in [0.2, 0.25) is 0 Å². The molecule has 3 rings (SSSR count). The zero-order valence-electron chi connectivity index (χ0n) is 15.2. The first-order valence-electron chi connectivity index (χ1n) is 8.63. The number of methoxy groups -OCH3 is 2. The van der Waals surface area contributed by atoms with Gasteiger partial charge in [-0.15, -0.1) is 0 Å². The van der Waals surface area contributed by atoms with Crippen LogP contribution < -0.4 is 14.4 Å². The second kappa shape index (κ2) is 8.16. The minimum atomic E-state index is 0.462. The lowest BCUT2D eigenvalue weighted by Gasteiger charge is -2.38. The molecule has 6 heteroatoms. The Labute approximate surface area is 149 Å². The fourth-order valence-corrected chi connectivity index (χ4v) is 3.41. The number of ether oxygens (including phenoxy) is 2. The Morgan fingerprint density at radius 2 is 2.04 bits per heavy atom. The van der Waals surface area contributed by atoms with Gasteiger partial charge in [-0.1, -0.05) is 6.07 Å². The third-order valence-corrected chi connectivity index (χ3v) is 4.81. The third-order valence-electron chi connectivity index (χ3n) is 4.81. The van der Waals surface area contributed by atoms with E-state index in [9.17, 15) is 0 Å². The van der Waals surface area contributed by atoms with Crippen molar-refractivity contribution in [1.82, 2.24) is 14.9 Å². The van der Waals surface area contributed by atoms with Gasteiger partial charge in [0, 0.05) is 32.4 Å². The lowest BCUT2D eigenvalue weighted by atomic mass is 10.0. The Balaban J connectivity index is 1.66. The van der Waals surface area contributed by atoms with Gasteiger partial charge in [-0.25, -0.2) is 9.97 Å². The molecule has 1 aromatic heterocycles. The Hall–Kier alpha value is -2.34. The summed E-state index contributed by atoms with van der Waals surface area (Å²) in [5, 5.41) is 0. The van der Waals surface area contributed by atoms with Crippen LogP contribution in [0.15, 0.2) is 36.8 Å². The van der Waals surface area contributed by atoms with Gasteiger partial charge in [0.15, 0.2) is 11.5 Å². The summed E-state index contributed by atoms with van der Waals surface area (Å²) < 4.78 is 10.7. The first kappa shape index (κ1) is 17.5. The van der Waals surface area contributed by atoms with Gasteiger partial charge in [-0.3, -0.25) is 4.90 Å². The Bertz CT molecular complexity index is 680.